The molecule has 3 aromatic rings. The number of nitrogen functional groups attached to an aromatic ring is 1. The molecule has 0 aliphatic rings. The molecule has 1 aromatic carbocycles. The third kappa shape index (κ3) is 4.18. The Morgan fingerprint density at radius 1 is 1.14 bits per heavy atom. The molecule has 3 N–H and O–H groups in total. The third-order valence-electron chi connectivity index (χ3n) is 4.91. The Bertz CT molecular complexity index is 1050. The van der Waals surface area contributed by atoms with E-state index < -0.39 is 17.6 Å². The molecule has 29 heavy (non-hydrogen) atoms. The maximum Gasteiger partial charge on any atom is 0.416 e. The number of hydrogen-bond acceptors (Lipinski definition) is 4. The van der Waals surface area contributed by atoms with Crippen molar-refractivity contribution >= 4 is 22.8 Å². The Morgan fingerprint density at radius 3 is 2.41 bits per heavy atom. The molecule has 0 bridgehead atoms. The summed E-state index contributed by atoms with van der Waals surface area (Å²) in [7, 11) is 0. The van der Waals surface area contributed by atoms with Crippen LogP contribution >= 0.6 is 0 Å². The number of benzene rings is 1. The smallest absolute Gasteiger partial charge is 0.382 e. The zero-order valence-corrected chi connectivity index (χ0v) is 16.4. The number of carbonyl (C=O) groups is 1. The van der Waals surface area contributed by atoms with Gasteiger partial charge in [-0.2, -0.15) is 13.2 Å². The lowest BCUT2D eigenvalue weighted by atomic mass is 10.1. The number of imidazole rings is 1. The molecule has 0 saturated heterocycles. The first kappa shape index (κ1) is 20.6. The monoisotopic (exact) mass is 405 g/mol. The predicted molar refractivity (Wildman–Crippen MR) is 105 cm³/mol. The molecular formula is C20H22F3N5O. The number of amides is 1. The van der Waals surface area contributed by atoms with Crippen molar-refractivity contribution in [1.29, 1.82) is 0 Å². The molecule has 2 heterocycles. The number of rotatable bonds is 5. The molecule has 154 valence electrons. The van der Waals surface area contributed by atoms with Gasteiger partial charge in [-0.05, 0) is 57.0 Å². The fraction of sp³-hybridized carbons (Fsp3) is 0.350. The summed E-state index contributed by atoms with van der Waals surface area (Å²) in [5.74, 6) is 0.781. The fourth-order valence-corrected chi connectivity index (χ4v) is 3.24. The van der Waals surface area contributed by atoms with Crippen molar-refractivity contribution in [3.05, 3.63) is 52.5 Å². The van der Waals surface area contributed by atoms with Gasteiger partial charge in [-0.1, -0.05) is 0 Å². The van der Waals surface area contributed by atoms with E-state index in [-0.39, 0.29) is 5.56 Å². The summed E-state index contributed by atoms with van der Waals surface area (Å²) in [6.07, 6.45) is -3.80. The van der Waals surface area contributed by atoms with Crippen LogP contribution in [0.2, 0.25) is 0 Å². The van der Waals surface area contributed by atoms with Crippen LogP contribution in [0.15, 0.2) is 24.3 Å². The first-order valence-electron chi connectivity index (χ1n) is 9.14. The van der Waals surface area contributed by atoms with Crippen LogP contribution in [0, 0.1) is 20.8 Å². The van der Waals surface area contributed by atoms with E-state index in [1.165, 1.54) is 12.1 Å². The van der Waals surface area contributed by atoms with Gasteiger partial charge in [-0.3, -0.25) is 4.79 Å². The van der Waals surface area contributed by atoms with Gasteiger partial charge >= 0.3 is 6.18 Å². The molecule has 0 fully saturated rings. The number of fused-ring (bicyclic) bond motifs is 1. The zero-order chi connectivity index (χ0) is 21.3. The highest BCUT2D eigenvalue weighted by molar-refractivity contribution is 5.94. The second-order valence-electron chi connectivity index (χ2n) is 6.90. The number of nitrogens with one attached hydrogen (secondary N) is 1. The summed E-state index contributed by atoms with van der Waals surface area (Å²) in [5.41, 5.74) is 8.84. The first-order chi connectivity index (χ1) is 13.6. The minimum absolute atomic E-state index is 0.188. The normalized spacial score (nSPS) is 11.8. The second kappa shape index (κ2) is 7.73. The van der Waals surface area contributed by atoms with Crippen molar-refractivity contribution < 1.29 is 18.0 Å². The van der Waals surface area contributed by atoms with Gasteiger partial charge in [0.05, 0.1) is 11.1 Å². The Kier molecular flexibility index (Phi) is 5.50. The van der Waals surface area contributed by atoms with Crippen molar-refractivity contribution in [2.45, 2.75) is 39.9 Å². The summed E-state index contributed by atoms with van der Waals surface area (Å²) in [5, 5.41) is 2.73. The van der Waals surface area contributed by atoms with Crippen LogP contribution in [0.1, 0.15) is 39.4 Å². The molecular weight excluding hydrogens is 383 g/mol. The Labute approximate surface area is 165 Å². The number of halogens is 3. The molecule has 3 rings (SSSR count). The number of nitrogens with zero attached hydrogens (tertiary/aromatic N) is 3. The second-order valence-corrected chi connectivity index (χ2v) is 6.90. The van der Waals surface area contributed by atoms with E-state index in [1.807, 2.05) is 25.3 Å². The van der Waals surface area contributed by atoms with Crippen LogP contribution in [0.4, 0.5) is 19.0 Å². The molecule has 0 aliphatic heterocycles. The van der Waals surface area contributed by atoms with Gasteiger partial charge in [0.1, 0.15) is 11.3 Å². The quantitative estimate of drug-likeness (QED) is 0.633. The number of aromatic nitrogens is 3. The number of pyridine rings is 1. The highest BCUT2D eigenvalue weighted by Gasteiger charge is 2.30. The average Bonchev–Trinajstić information content (AvgIpc) is 2.99. The largest absolute Gasteiger partial charge is 0.416 e. The van der Waals surface area contributed by atoms with E-state index in [0.29, 0.717) is 30.8 Å². The van der Waals surface area contributed by atoms with Crippen molar-refractivity contribution in [2.24, 2.45) is 0 Å². The van der Waals surface area contributed by atoms with E-state index in [2.05, 4.69) is 15.3 Å². The van der Waals surface area contributed by atoms with Gasteiger partial charge in [0.25, 0.3) is 5.91 Å². The number of aryl methyl sites for hydroxylation is 4. The summed E-state index contributed by atoms with van der Waals surface area (Å²) in [6, 6.07) is 4.15. The third-order valence-corrected chi connectivity index (χ3v) is 4.91. The van der Waals surface area contributed by atoms with Crippen LogP contribution in [-0.2, 0) is 12.7 Å². The van der Waals surface area contributed by atoms with Gasteiger partial charge in [-0.15, -0.1) is 0 Å². The maximum absolute atomic E-state index is 12.6. The van der Waals surface area contributed by atoms with Crippen LogP contribution in [-0.4, -0.2) is 27.0 Å². The van der Waals surface area contributed by atoms with Crippen LogP contribution in [0.5, 0.6) is 0 Å². The van der Waals surface area contributed by atoms with E-state index in [9.17, 15) is 18.0 Å². The topological polar surface area (TPSA) is 85.8 Å². The molecule has 0 unspecified atom stereocenters. The number of anilines is 1. The summed E-state index contributed by atoms with van der Waals surface area (Å²) < 4.78 is 39.9. The summed E-state index contributed by atoms with van der Waals surface area (Å²) in [6.45, 7) is 6.72. The zero-order valence-electron chi connectivity index (χ0n) is 16.4. The van der Waals surface area contributed by atoms with Crippen molar-refractivity contribution in [1.82, 2.24) is 19.9 Å². The molecule has 0 radical (unpaired) electrons. The molecule has 6 nitrogen and oxygen atoms in total. The fourth-order valence-electron chi connectivity index (χ4n) is 3.24. The highest BCUT2D eigenvalue weighted by atomic mass is 19.4. The Morgan fingerprint density at radius 2 is 1.79 bits per heavy atom. The maximum atomic E-state index is 12.6. The number of nitrogens with two attached hydrogens (primary N) is 1. The van der Waals surface area contributed by atoms with Crippen molar-refractivity contribution in [3.8, 4) is 0 Å². The Balaban J connectivity index is 1.64. The molecule has 0 aliphatic carbocycles. The molecule has 0 spiro atoms. The molecule has 0 saturated carbocycles. The van der Waals surface area contributed by atoms with Crippen molar-refractivity contribution in [2.75, 3.05) is 12.3 Å². The predicted octanol–water partition coefficient (Wildman–Crippen LogP) is 3.78. The number of alkyl halides is 3. The van der Waals surface area contributed by atoms with Gasteiger partial charge in [0, 0.05) is 24.3 Å². The van der Waals surface area contributed by atoms with E-state index >= 15 is 0 Å². The van der Waals surface area contributed by atoms with Crippen LogP contribution in [0.3, 0.4) is 0 Å². The number of carbonyl (C=O) groups excluding carboxylic acids is 1. The Hall–Kier alpha value is -3.10. The molecule has 0 atom stereocenters. The average molecular weight is 405 g/mol. The molecule has 9 heteroatoms. The van der Waals surface area contributed by atoms with Crippen molar-refractivity contribution in [3.63, 3.8) is 0 Å². The first-order valence-corrected chi connectivity index (χ1v) is 9.14. The van der Waals surface area contributed by atoms with Gasteiger partial charge in [-0.25, -0.2) is 9.97 Å². The van der Waals surface area contributed by atoms with Crippen LogP contribution in [0.25, 0.3) is 11.0 Å². The number of hydrogen-bond donors (Lipinski definition) is 2. The van der Waals surface area contributed by atoms with Gasteiger partial charge in [0.2, 0.25) is 0 Å². The molecule has 2 aromatic heterocycles. The standard InChI is InChI=1S/C20H22F3N5O/c1-11-12(2)26-18(24)16-17(11)28(13(3)27-16)10-4-9-25-19(29)14-5-7-15(8-6-14)20(21,22)23/h5-8H,4,9-10H2,1-3H3,(H2,24,26)(H,25,29). The van der Waals surface area contributed by atoms with E-state index in [4.69, 9.17) is 5.73 Å². The van der Waals surface area contributed by atoms with Gasteiger partial charge < -0.3 is 15.6 Å². The highest BCUT2D eigenvalue weighted by Crippen LogP contribution is 2.29. The van der Waals surface area contributed by atoms with E-state index in [0.717, 1.165) is 34.7 Å². The SMILES string of the molecule is Cc1nc(N)c2nc(C)n(CCCNC(=O)c3ccc(C(F)(F)F)cc3)c2c1C. The summed E-state index contributed by atoms with van der Waals surface area (Å²) >= 11 is 0. The van der Waals surface area contributed by atoms with E-state index in [1.54, 1.807) is 0 Å². The lowest BCUT2D eigenvalue weighted by Gasteiger charge is -2.11. The summed E-state index contributed by atoms with van der Waals surface area (Å²) in [4.78, 5) is 21.0. The van der Waals surface area contributed by atoms with Gasteiger partial charge in [0.15, 0.2) is 5.82 Å². The van der Waals surface area contributed by atoms with Crippen LogP contribution < -0.4 is 11.1 Å². The lowest BCUT2D eigenvalue weighted by molar-refractivity contribution is -0.137. The lowest BCUT2D eigenvalue weighted by Crippen LogP contribution is -2.25. The minimum atomic E-state index is -4.42. The minimum Gasteiger partial charge on any atom is -0.382 e. The molecule has 1 amide bonds.